The molecule has 1 N–H and O–H groups in total. The van der Waals surface area contributed by atoms with E-state index in [-0.39, 0.29) is 30.2 Å². The van der Waals surface area contributed by atoms with Crippen LogP contribution in [-0.2, 0) is 20.8 Å². The Morgan fingerprint density at radius 3 is 2.43 bits per heavy atom. The van der Waals surface area contributed by atoms with Gasteiger partial charge in [0.05, 0.1) is 10.5 Å². The summed E-state index contributed by atoms with van der Waals surface area (Å²) in [5, 5.41) is 24.4. The van der Waals surface area contributed by atoms with E-state index < -0.39 is 75.1 Å². The van der Waals surface area contributed by atoms with E-state index in [2.05, 4.69) is 14.9 Å². The highest BCUT2D eigenvalue weighted by Gasteiger charge is 2.66. The van der Waals surface area contributed by atoms with E-state index in [0.29, 0.717) is 6.08 Å². The number of esters is 1. The van der Waals surface area contributed by atoms with Gasteiger partial charge >= 0.3 is 22.4 Å². The van der Waals surface area contributed by atoms with Crippen LogP contribution in [-0.4, -0.2) is 59.3 Å². The van der Waals surface area contributed by atoms with Crippen LogP contribution in [0.4, 0.5) is 32.6 Å². The van der Waals surface area contributed by atoms with Crippen LogP contribution in [0.1, 0.15) is 18.1 Å². The summed E-state index contributed by atoms with van der Waals surface area (Å²) < 4.78 is 116. The number of rotatable bonds is 7. The molecule has 0 radical (unpaired) electrons. The van der Waals surface area contributed by atoms with Gasteiger partial charge < -0.3 is 24.6 Å². The van der Waals surface area contributed by atoms with E-state index in [1.165, 1.54) is 6.92 Å². The van der Waals surface area contributed by atoms with Crippen LogP contribution in [0.25, 0.3) is 6.08 Å². The first-order valence-corrected chi connectivity index (χ1v) is 11.5. The molecule has 1 saturated heterocycles. The number of nitrogens with zero attached hydrogens (tertiary/aromatic N) is 3. The molecule has 0 unspecified atom stereocenters. The van der Waals surface area contributed by atoms with Gasteiger partial charge in [-0.25, -0.2) is 4.79 Å². The fourth-order valence-electron chi connectivity index (χ4n) is 3.11. The third-order valence-electron chi connectivity index (χ3n) is 4.81. The Kier molecular flexibility index (Phi) is 6.08. The van der Waals surface area contributed by atoms with Crippen molar-refractivity contribution in [1.29, 1.82) is 0 Å². The monoisotopic (exact) mass is 543 g/mol. The maximum absolute atomic E-state index is 13.5. The molecule has 2 aliphatic heterocycles. The summed E-state index contributed by atoms with van der Waals surface area (Å²) in [6.45, 7) is -0.124. The van der Waals surface area contributed by atoms with Gasteiger partial charge in [-0.3, -0.25) is 0 Å². The van der Waals surface area contributed by atoms with Crippen molar-refractivity contribution >= 4 is 22.3 Å². The van der Waals surface area contributed by atoms with Crippen LogP contribution < -0.4 is 4.74 Å². The van der Waals surface area contributed by atoms with Crippen molar-refractivity contribution in [3.8, 4) is 5.75 Å². The van der Waals surface area contributed by atoms with Crippen molar-refractivity contribution in [3.05, 3.63) is 34.0 Å². The molecule has 2 aliphatic rings. The maximum Gasteiger partial charge on any atom is 0.430 e. The Balaban J connectivity index is 1.89. The Morgan fingerprint density at radius 1 is 1.29 bits per heavy atom. The SMILES string of the molecule is CCc1cc(S(F)(F)(F)(F)F)cc2c1O[C@H](C(F)(F)F)C(C(=O)OCON=[N+]([O-])N1CC(O)C1)=C2. The summed E-state index contributed by atoms with van der Waals surface area (Å²) in [6, 6.07) is -0.106. The topological polar surface area (TPSA) is 107 Å². The second kappa shape index (κ2) is 8.00. The maximum atomic E-state index is 13.5. The number of hydrazine groups is 1. The highest BCUT2D eigenvalue weighted by Crippen LogP contribution is 3.02. The number of ether oxygens (including phenoxy) is 2. The number of aliphatic hydroxyl groups is 1. The van der Waals surface area contributed by atoms with Gasteiger partial charge in [-0.2, -0.15) is 13.2 Å². The number of aryl methyl sites for hydroxylation is 1. The molecule has 0 spiro atoms. The molecule has 18 heteroatoms. The molecule has 9 nitrogen and oxygen atoms in total. The molecule has 2 heterocycles. The van der Waals surface area contributed by atoms with Crippen molar-refractivity contribution < 1.29 is 61.8 Å². The Bertz CT molecular complexity index is 1090. The van der Waals surface area contributed by atoms with E-state index in [0.717, 1.165) is 5.01 Å². The summed E-state index contributed by atoms with van der Waals surface area (Å²) in [5.74, 6) is -2.53. The normalized spacial score (nSPS) is 21.1. The zero-order valence-corrected chi connectivity index (χ0v) is 18.3. The predicted octanol–water partition coefficient (Wildman–Crippen LogP) is 4.60. The van der Waals surface area contributed by atoms with Gasteiger partial charge in [-0.15, -0.1) is 5.01 Å². The summed E-state index contributed by atoms with van der Waals surface area (Å²) in [5.41, 5.74) is -2.77. The lowest BCUT2D eigenvalue weighted by atomic mass is 9.98. The van der Waals surface area contributed by atoms with E-state index in [4.69, 9.17) is 9.84 Å². The fourth-order valence-corrected chi connectivity index (χ4v) is 3.83. The predicted molar refractivity (Wildman–Crippen MR) is 101 cm³/mol. The zero-order chi connectivity index (χ0) is 26.5. The van der Waals surface area contributed by atoms with Crippen molar-refractivity contribution in [2.75, 3.05) is 19.9 Å². The number of carbonyl (C=O) groups excluding carboxylic acids is 1. The lowest BCUT2D eigenvalue weighted by molar-refractivity contribution is -0.727. The second-order valence-electron chi connectivity index (χ2n) is 7.50. The van der Waals surface area contributed by atoms with Gasteiger partial charge in [0.1, 0.15) is 29.8 Å². The summed E-state index contributed by atoms with van der Waals surface area (Å²) >= 11 is 0. The minimum Gasteiger partial charge on any atom is -0.569 e. The largest absolute Gasteiger partial charge is 0.569 e. The summed E-state index contributed by atoms with van der Waals surface area (Å²) in [6.07, 6.45) is -9.09. The average molecular weight is 543 g/mol. The number of β-amino-alcohol motifs (C(OH)–C–C–N with tert-alkyl or cyclic N) is 1. The van der Waals surface area contributed by atoms with E-state index in [1.54, 1.807) is 0 Å². The molecule has 1 atom stereocenters. The van der Waals surface area contributed by atoms with E-state index in [9.17, 15) is 42.6 Å². The summed E-state index contributed by atoms with van der Waals surface area (Å²) in [4.78, 5) is 14.1. The number of fused-ring (bicyclic) bond motifs is 1. The molecular weight excluding hydrogens is 526 g/mol. The molecular formula is C17H17F8N3O6S. The van der Waals surface area contributed by atoms with E-state index in [1.807, 2.05) is 0 Å². The highest BCUT2D eigenvalue weighted by molar-refractivity contribution is 8.45. The molecule has 1 fully saturated rings. The van der Waals surface area contributed by atoms with Crippen LogP contribution in [0.15, 0.2) is 27.9 Å². The fraction of sp³-hybridized carbons (Fsp3) is 0.471. The van der Waals surface area contributed by atoms with Crippen LogP contribution in [0.5, 0.6) is 5.75 Å². The van der Waals surface area contributed by atoms with Crippen molar-refractivity contribution in [3.63, 3.8) is 0 Å². The highest BCUT2D eigenvalue weighted by atomic mass is 32.5. The second-order valence-corrected chi connectivity index (χ2v) is 9.91. The molecule has 0 amide bonds. The smallest absolute Gasteiger partial charge is 0.430 e. The van der Waals surface area contributed by atoms with Gasteiger partial charge in [0.2, 0.25) is 11.4 Å². The molecule has 1 aromatic rings. The first-order valence-electron chi connectivity index (χ1n) is 9.56. The Hall–Kier alpha value is -3.02. The number of aliphatic hydroxyl groups excluding tert-OH is 1. The lowest BCUT2D eigenvalue weighted by Gasteiger charge is -2.41. The number of hydrogen-bond acceptors (Lipinski definition) is 7. The third kappa shape index (κ3) is 5.98. The molecule has 198 valence electrons. The van der Waals surface area contributed by atoms with Gasteiger partial charge in [0.25, 0.3) is 6.79 Å². The van der Waals surface area contributed by atoms with Gasteiger partial charge in [0, 0.05) is 5.56 Å². The minimum absolute atomic E-state index is 0.00608. The molecule has 0 bridgehead atoms. The van der Waals surface area contributed by atoms with Crippen LogP contribution in [0, 0.1) is 5.21 Å². The quantitative estimate of drug-likeness (QED) is 0.102. The standard InChI is InChI=1S/C17H17F8N3O6S/c1-2-9-3-12(35(21,22,23,24)25)4-10-5-13(15(17(18,19)20)34-14(9)10)16(30)32-8-33-26-28(31)27-6-11(29)7-27/h3-5,11,15,29H,2,6-8H2,1H3/t15-/m0/s1. The van der Waals surface area contributed by atoms with Crippen LogP contribution in [0.2, 0.25) is 0 Å². The number of carbonyl (C=O) groups is 1. The number of alkyl halides is 3. The molecule has 0 aromatic heterocycles. The van der Waals surface area contributed by atoms with E-state index >= 15 is 0 Å². The van der Waals surface area contributed by atoms with Crippen molar-refractivity contribution in [2.45, 2.75) is 36.6 Å². The van der Waals surface area contributed by atoms with Gasteiger partial charge in [-0.05, 0) is 30.2 Å². The number of halogens is 8. The third-order valence-corrected chi connectivity index (χ3v) is 5.94. The van der Waals surface area contributed by atoms with Gasteiger partial charge in [0.15, 0.2) is 0 Å². The first kappa shape index (κ1) is 26.6. The van der Waals surface area contributed by atoms with Crippen molar-refractivity contribution in [1.82, 2.24) is 5.01 Å². The van der Waals surface area contributed by atoms with Crippen molar-refractivity contribution in [2.24, 2.45) is 5.28 Å². The number of benzene rings is 1. The molecule has 35 heavy (non-hydrogen) atoms. The molecule has 3 rings (SSSR count). The lowest BCUT2D eigenvalue weighted by Crippen LogP contribution is -2.53. The molecule has 0 aliphatic carbocycles. The Morgan fingerprint density at radius 2 is 1.91 bits per heavy atom. The summed E-state index contributed by atoms with van der Waals surface area (Å²) in [7, 11) is -10.2. The van der Waals surface area contributed by atoms with Crippen LogP contribution in [0.3, 0.4) is 0 Å². The first-order chi connectivity index (χ1) is 15.8. The van der Waals surface area contributed by atoms with Crippen LogP contribution >= 0.6 is 10.2 Å². The number of hydrogen-bond donors (Lipinski definition) is 1. The minimum atomic E-state index is -10.2. The molecule has 0 saturated carbocycles. The Labute approximate surface area is 191 Å². The van der Waals surface area contributed by atoms with Gasteiger partial charge in [-0.1, -0.05) is 26.4 Å². The molecule has 1 aromatic carbocycles. The zero-order valence-electron chi connectivity index (χ0n) is 17.5. The average Bonchev–Trinajstić information content (AvgIpc) is 2.69.